The van der Waals surface area contributed by atoms with Crippen molar-refractivity contribution in [3.05, 3.63) is 59.9 Å². The molecule has 3 aromatic rings. The van der Waals surface area contributed by atoms with Gasteiger partial charge in [0.15, 0.2) is 0 Å². The molecule has 0 bridgehead atoms. The topological polar surface area (TPSA) is 27.1 Å². The smallest absolute Gasteiger partial charge is 0.148 e. The molecule has 3 heteroatoms. The fourth-order valence-corrected chi connectivity index (χ4v) is 3.08. The zero-order valence-corrected chi connectivity index (χ0v) is 16.6. The third-order valence-electron chi connectivity index (χ3n) is 5.01. The van der Waals surface area contributed by atoms with E-state index in [0.717, 1.165) is 30.1 Å². The molecule has 1 aromatic heterocycles. The number of benzene rings is 2. The lowest BCUT2D eigenvalue weighted by Crippen LogP contribution is -2.12. The molecule has 0 unspecified atom stereocenters. The maximum absolute atomic E-state index is 6.06. The van der Waals surface area contributed by atoms with Crippen LogP contribution < -0.4 is 4.74 Å². The Balaban J connectivity index is 1.81. The molecule has 2 aromatic carbocycles. The quantitative estimate of drug-likeness (QED) is 0.548. The molecule has 1 atom stereocenters. The van der Waals surface area contributed by atoms with Crippen LogP contribution in [0.3, 0.4) is 0 Å². The number of ether oxygens (including phenoxy) is 1. The summed E-state index contributed by atoms with van der Waals surface area (Å²) in [7, 11) is 0. The number of para-hydroxylation sites is 2. The largest absolute Gasteiger partial charge is 0.486 e. The third kappa shape index (κ3) is 4.09. The molecule has 0 spiro atoms. The Hall–Kier alpha value is -2.29. The van der Waals surface area contributed by atoms with E-state index in [4.69, 9.17) is 9.72 Å². The molecule has 0 aliphatic heterocycles. The fraction of sp³-hybridized carbons (Fsp3) is 0.435. The number of fused-ring (bicyclic) bond motifs is 1. The Labute approximate surface area is 157 Å². The van der Waals surface area contributed by atoms with Gasteiger partial charge in [-0.2, -0.15) is 0 Å². The third-order valence-corrected chi connectivity index (χ3v) is 5.01. The number of hydrogen-bond donors (Lipinski definition) is 0. The second-order valence-electron chi connectivity index (χ2n) is 8.20. The van der Waals surface area contributed by atoms with Gasteiger partial charge in [0, 0.05) is 6.54 Å². The van der Waals surface area contributed by atoms with E-state index in [2.05, 4.69) is 81.7 Å². The van der Waals surface area contributed by atoms with Gasteiger partial charge in [-0.3, -0.25) is 0 Å². The first-order chi connectivity index (χ1) is 12.4. The van der Waals surface area contributed by atoms with E-state index in [1.807, 2.05) is 6.07 Å². The number of imidazole rings is 1. The molecule has 0 radical (unpaired) electrons. The van der Waals surface area contributed by atoms with E-state index in [0.29, 0.717) is 12.5 Å². The first-order valence-electron chi connectivity index (χ1n) is 9.56. The van der Waals surface area contributed by atoms with Crippen molar-refractivity contribution in [2.75, 3.05) is 0 Å². The van der Waals surface area contributed by atoms with E-state index < -0.39 is 0 Å². The van der Waals surface area contributed by atoms with Gasteiger partial charge in [-0.1, -0.05) is 65.3 Å². The fourth-order valence-electron chi connectivity index (χ4n) is 3.08. The van der Waals surface area contributed by atoms with Crippen molar-refractivity contribution in [3.8, 4) is 5.75 Å². The molecule has 138 valence electrons. The molecule has 0 saturated carbocycles. The van der Waals surface area contributed by atoms with Crippen LogP contribution in [0.2, 0.25) is 0 Å². The summed E-state index contributed by atoms with van der Waals surface area (Å²) in [5, 5.41) is 0. The van der Waals surface area contributed by atoms with Crippen LogP contribution >= 0.6 is 0 Å². The van der Waals surface area contributed by atoms with Crippen LogP contribution in [0.1, 0.15) is 52.4 Å². The van der Waals surface area contributed by atoms with Crippen molar-refractivity contribution in [3.63, 3.8) is 0 Å². The molecule has 3 rings (SSSR count). The summed E-state index contributed by atoms with van der Waals surface area (Å²) in [6.45, 7) is 12.6. The average molecular weight is 351 g/mol. The van der Waals surface area contributed by atoms with Gasteiger partial charge in [0.2, 0.25) is 0 Å². The Morgan fingerprint density at radius 1 is 1.04 bits per heavy atom. The summed E-state index contributed by atoms with van der Waals surface area (Å²) in [5.41, 5.74) is 3.70. The summed E-state index contributed by atoms with van der Waals surface area (Å²) in [6, 6.07) is 16.8. The average Bonchev–Trinajstić information content (AvgIpc) is 2.97. The molecule has 0 saturated heterocycles. The highest BCUT2D eigenvalue weighted by molar-refractivity contribution is 5.75. The molecule has 1 heterocycles. The van der Waals surface area contributed by atoms with E-state index in [1.54, 1.807) is 0 Å². The van der Waals surface area contributed by atoms with Gasteiger partial charge in [0.1, 0.15) is 18.2 Å². The lowest BCUT2D eigenvalue weighted by atomic mass is 9.87. The van der Waals surface area contributed by atoms with Gasteiger partial charge in [-0.05, 0) is 41.2 Å². The van der Waals surface area contributed by atoms with Crippen molar-refractivity contribution < 1.29 is 4.74 Å². The second kappa shape index (κ2) is 7.53. The van der Waals surface area contributed by atoms with Crippen LogP contribution in [0.15, 0.2) is 48.5 Å². The maximum atomic E-state index is 6.06. The molecule has 0 aliphatic carbocycles. The lowest BCUT2D eigenvalue weighted by molar-refractivity contribution is 0.286. The first kappa shape index (κ1) is 18.5. The van der Waals surface area contributed by atoms with E-state index in [1.165, 1.54) is 11.1 Å². The van der Waals surface area contributed by atoms with Crippen molar-refractivity contribution in [2.24, 2.45) is 5.92 Å². The van der Waals surface area contributed by atoms with Crippen LogP contribution in [-0.4, -0.2) is 9.55 Å². The monoisotopic (exact) mass is 350 g/mol. The van der Waals surface area contributed by atoms with Gasteiger partial charge >= 0.3 is 0 Å². The van der Waals surface area contributed by atoms with Gasteiger partial charge in [-0.15, -0.1) is 0 Å². The molecule has 0 fully saturated rings. The molecule has 3 nitrogen and oxygen atoms in total. The van der Waals surface area contributed by atoms with Gasteiger partial charge in [0.25, 0.3) is 0 Å². The highest BCUT2D eigenvalue weighted by atomic mass is 16.5. The van der Waals surface area contributed by atoms with Crippen molar-refractivity contribution in [2.45, 2.75) is 59.6 Å². The van der Waals surface area contributed by atoms with Crippen LogP contribution in [-0.2, 0) is 18.6 Å². The standard InChI is InChI=1S/C23H30N2O/c1-6-17(2)15-25-21-10-8-7-9-20(21)24-22(25)16-26-19-13-11-18(12-14-19)23(3,4)5/h7-14,17H,6,15-16H2,1-5H3/t17-/m0/s1. The minimum Gasteiger partial charge on any atom is -0.486 e. The minimum atomic E-state index is 0.156. The van der Waals surface area contributed by atoms with E-state index in [9.17, 15) is 0 Å². The Morgan fingerprint density at radius 2 is 1.73 bits per heavy atom. The van der Waals surface area contributed by atoms with E-state index >= 15 is 0 Å². The minimum absolute atomic E-state index is 0.156. The predicted molar refractivity (Wildman–Crippen MR) is 109 cm³/mol. The number of nitrogens with zero attached hydrogens (tertiary/aromatic N) is 2. The number of rotatable bonds is 6. The van der Waals surface area contributed by atoms with Crippen LogP contribution in [0, 0.1) is 5.92 Å². The number of aromatic nitrogens is 2. The zero-order chi connectivity index (χ0) is 18.7. The molecule has 0 N–H and O–H groups in total. The SMILES string of the molecule is CC[C@H](C)Cn1c(COc2ccc(C(C)(C)C)cc2)nc2ccccc21. The van der Waals surface area contributed by atoms with Crippen molar-refractivity contribution >= 4 is 11.0 Å². The molecule has 0 aliphatic rings. The Morgan fingerprint density at radius 3 is 2.38 bits per heavy atom. The highest BCUT2D eigenvalue weighted by Crippen LogP contribution is 2.25. The summed E-state index contributed by atoms with van der Waals surface area (Å²) in [4.78, 5) is 4.81. The van der Waals surface area contributed by atoms with Crippen LogP contribution in [0.4, 0.5) is 0 Å². The maximum Gasteiger partial charge on any atom is 0.148 e. The Bertz CT molecular complexity index is 856. The van der Waals surface area contributed by atoms with Gasteiger partial charge in [0.05, 0.1) is 11.0 Å². The van der Waals surface area contributed by atoms with Crippen molar-refractivity contribution in [1.82, 2.24) is 9.55 Å². The summed E-state index contributed by atoms with van der Waals surface area (Å²) >= 11 is 0. The molecule has 26 heavy (non-hydrogen) atoms. The molecule has 0 amide bonds. The summed E-state index contributed by atoms with van der Waals surface area (Å²) in [6.07, 6.45) is 1.15. The first-order valence-corrected chi connectivity index (χ1v) is 9.56. The normalized spacial score (nSPS) is 13.1. The Kier molecular flexibility index (Phi) is 5.36. The second-order valence-corrected chi connectivity index (χ2v) is 8.20. The molecular formula is C23H30N2O. The van der Waals surface area contributed by atoms with Crippen molar-refractivity contribution in [1.29, 1.82) is 0 Å². The van der Waals surface area contributed by atoms with Gasteiger partial charge < -0.3 is 9.30 Å². The van der Waals surface area contributed by atoms with Crippen LogP contribution in [0.5, 0.6) is 5.75 Å². The lowest BCUT2D eigenvalue weighted by Gasteiger charge is -2.19. The zero-order valence-electron chi connectivity index (χ0n) is 16.6. The predicted octanol–water partition coefficient (Wildman–Crippen LogP) is 5.96. The van der Waals surface area contributed by atoms with Gasteiger partial charge in [-0.25, -0.2) is 4.98 Å². The summed E-state index contributed by atoms with van der Waals surface area (Å²) in [5.74, 6) is 2.49. The van der Waals surface area contributed by atoms with Crippen LogP contribution in [0.25, 0.3) is 11.0 Å². The number of hydrogen-bond acceptors (Lipinski definition) is 2. The molecular weight excluding hydrogens is 320 g/mol. The summed E-state index contributed by atoms with van der Waals surface area (Å²) < 4.78 is 8.37. The highest BCUT2D eigenvalue weighted by Gasteiger charge is 2.15. The van der Waals surface area contributed by atoms with E-state index in [-0.39, 0.29) is 5.41 Å².